The third-order valence-electron chi connectivity index (χ3n) is 8.44. The highest BCUT2D eigenvalue weighted by atomic mass is 79.9. The van der Waals surface area contributed by atoms with Gasteiger partial charge in [0.15, 0.2) is 0 Å². The van der Waals surface area contributed by atoms with Gasteiger partial charge in [0, 0.05) is 7.26 Å². The van der Waals surface area contributed by atoms with Crippen LogP contribution < -0.4 is 17.0 Å². The quantitative estimate of drug-likeness (QED) is 0.0576. The van der Waals surface area contributed by atoms with Crippen LogP contribution in [0.5, 0.6) is 0 Å². The number of hydrogen-bond acceptors (Lipinski definition) is 0. The third-order valence-corrected chi connectivity index (χ3v) is 13.5. The average Bonchev–Trinajstić information content (AvgIpc) is 2.87. The molecular weight excluding hydrogens is 519 g/mol. The van der Waals surface area contributed by atoms with Crippen molar-refractivity contribution in [3.63, 3.8) is 0 Å². The van der Waals surface area contributed by atoms with Crippen LogP contribution in [-0.2, 0) is 0 Å². The lowest BCUT2D eigenvalue weighted by atomic mass is 10.1. The van der Waals surface area contributed by atoms with Gasteiger partial charge in [-0.3, -0.25) is 0 Å². The molecule has 0 aromatic heterocycles. The van der Waals surface area contributed by atoms with E-state index in [4.69, 9.17) is 0 Å². The molecule has 0 saturated heterocycles. The van der Waals surface area contributed by atoms with Crippen LogP contribution in [0.4, 0.5) is 0 Å². The summed E-state index contributed by atoms with van der Waals surface area (Å²) in [6.45, 7) is 9.38. The van der Waals surface area contributed by atoms with Crippen molar-refractivity contribution in [1.82, 2.24) is 0 Å². The van der Waals surface area contributed by atoms with Crippen LogP contribution in [0.3, 0.4) is 0 Å². The van der Waals surface area contributed by atoms with E-state index in [0.29, 0.717) is 0 Å². The molecule has 2 heteroatoms. The first-order chi connectivity index (χ1) is 17.2. The molecule has 0 rings (SSSR count). The highest BCUT2D eigenvalue weighted by Crippen LogP contribution is 2.61. The Labute approximate surface area is 242 Å². The number of unbranched alkanes of at least 4 members (excludes halogenated alkanes) is 22. The summed E-state index contributed by atoms with van der Waals surface area (Å²) in [4.78, 5) is 0. The van der Waals surface area contributed by atoms with Gasteiger partial charge < -0.3 is 17.0 Å². The van der Waals surface area contributed by atoms with E-state index in [9.17, 15) is 0 Å². The fraction of sp³-hybridized carbons (Fsp3) is 1.00. The molecule has 0 bridgehead atoms. The standard InChI is InChI=1S/C34H72P.BrH/c1-5-9-13-17-21-22-26-30-34-35(31-27-23-18-14-10-6-2,32-28-24-19-15-11-7-3)33-29-25-20-16-12-8-4;/h5-34H2,1-4H3;1H/q+1;/p-1. The summed E-state index contributed by atoms with van der Waals surface area (Å²) in [7, 11) is -0.729. The van der Waals surface area contributed by atoms with Crippen LogP contribution in [0, 0.1) is 0 Å². The van der Waals surface area contributed by atoms with Gasteiger partial charge in [-0.15, -0.1) is 0 Å². The minimum atomic E-state index is -0.729. The average molecular weight is 592 g/mol. The first-order valence-corrected chi connectivity index (χ1v) is 19.6. The molecule has 0 aliphatic heterocycles. The predicted molar refractivity (Wildman–Crippen MR) is 169 cm³/mol. The zero-order chi connectivity index (χ0) is 25.7. The molecule has 220 valence electrons. The van der Waals surface area contributed by atoms with Gasteiger partial charge >= 0.3 is 0 Å². The molecule has 0 saturated carbocycles. The SMILES string of the molecule is CCCCCCCCCC[P+](CCCCCCCC)(CCCCCCCC)CCCCCCCC.[Br-]. The van der Waals surface area contributed by atoms with Crippen LogP contribution in [0.1, 0.15) is 195 Å². The molecule has 0 atom stereocenters. The Balaban J connectivity index is 0. The van der Waals surface area contributed by atoms with E-state index in [0.717, 1.165) is 0 Å². The number of rotatable bonds is 30. The maximum absolute atomic E-state index is 2.35. The first-order valence-electron chi connectivity index (χ1n) is 17.1. The second-order valence-electron chi connectivity index (χ2n) is 12.0. The Morgan fingerprint density at radius 1 is 0.250 bits per heavy atom. The predicted octanol–water partition coefficient (Wildman–Crippen LogP) is 10.2. The summed E-state index contributed by atoms with van der Waals surface area (Å²) >= 11 is 0. The van der Waals surface area contributed by atoms with Crippen molar-refractivity contribution in [2.45, 2.75) is 195 Å². The van der Waals surface area contributed by atoms with Crippen molar-refractivity contribution in [2.75, 3.05) is 24.6 Å². The molecule has 0 N–H and O–H groups in total. The van der Waals surface area contributed by atoms with Gasteiger partial charge in [-0.25, -0.2) is 0 Å². The molecule has 0 radical (unpaired) electrons. The van der Waals surface area contributed by atoms with Gasteiger partial charge in [-0.2, -0.15) is 0 Å². The lowest BCUT2D eigenvalue weighted by molar-refractivity contribution is -0.00000799. The van der Waals surface area contributed by atoms with Crippen LogP contribution in [-0.4, -0.2) is 24.6 Å². The zero-order valence-electron chi connectivity index (χ0n) is 26.0. The first kappa shape index (κ1) is 39.1. The lowest BCUT2D eigenvalue weighted by Crippen LogP contribution is -3.00. The molecular formula is C34H72BrP. The second kappa shape index (κ2) is 32.1. The molecule has 0 aromatic carbocycles. The fourth-order valence-electron chi connectivity index (χ4n) is 5.93. The van der Waals surface area contributed by atoms with Crippen molar-refractivity contribution < 1.29 is 17.0 Å². The largest absolute Gasteiger partial charge is 1.00 e. The van der Waals surface area contributed by atoms with Crippen molar-refractivity contribution >= 4 is 7.26 Å². The van der Waals surface area contributed by atoms with E-state index in [1.54, 1.807) is 50.3 Å². The van der Waals surface area contributed by atoms with Crippen LogP contribution in [0.25, 0.3) is 0 Å². The van der Waals surface area contributed by atoms with E-state index < -0.39 is 7.26 Å². The molecule has 0 spiro atoms. The summed E-state index contributed by atoms with van der Waals surface area (Å²) in [6.07, 6.45) is 45.2. The maximum atomic E-state index is 2.35. The van der Waals surface area contributed by atoms with E-state index in [1.807, 2.05) is 0 Å². The Morgan fingerprint density at radius 3 is 0.611 bits per heavy atom. The molecule has 36 heavy (non-hydrogen) atoms. The van der Waals surface area contributed by atoms with Crippen LogP contribution >= 0.6 is 7.26 Å². The fourth-order valence-corrected chi connectivity index (χ4v) is 10.9. The van der Waals surface area contributed by atoms with Gasteiger partial charge in [0.05, 0.1) is 24.6 Å². The van der Waals surface area contributed by atoms with E-state index >= 15 is 0 Å². The summed E-state index contributed by atoms with van der Waals surface area (Å²) in [5, 5.41) is 0. The molecule has 0 amide bonds. The Kier molecular flexibility index (Phi) is 34.8. The van der Waals surface area contributed by atoms with E-state index in [1.165, 1.54) is 141 Å². The molecule has 0 fully saturated rings. The molecule has 0 unspecified atom stereocenters. The van der Waals surface area contributed by atoms with Crippen LogP contribution in [0.2, 0.25) is 0 Å². The molecule has 0 aromatic rings. The lowest BCUT2D eigenvalue weighted by Gasteiger charge is -2.28. The molecule has 0 aliphatic rings. The van der Waals surface area contributed by atoms with Crippen LogP contribution in [0.15, 0.2) is 0 Å². The van der Waals surface area contributed by atoms with Gasteiger partial charge in [0.1, 0.15) is 0 Å². The Morgan fingerprint density at radius 2 is 0.417 bits per heavy atom. The van der Waals surface area contributed by atoms with Crippen molar-refractivity contribution in [2.24, 2.45) is 0 Å². The summed E-state index contributed by atoms with van der Waals surface area (Å²) in [5.41, 5.74) is 0. The number of hydrogen-bond donors (Lipinski definition) is 0. The summed E-state index contributed by atoms with van der Waals surface area (Å²) in [6, 6.07) is 0. The Hall–Kier alpha value is 0.910. The minimum Gasteiger partial charge on any atom is -1.00 e. The van der Waals surface area contributed by atoms with Gasteiger partial charge in [-0.05, 0) is 51.4 Å². The highest BCUT2D eigenvalue weighted by Gasteiger charge is 2.34. The van der Waals surface area contributed by atoms with Crippen molar-refractivity contribution in [3.8, 4) is 0 Å². The zero-order valence-corrected chi connectivity index (χ0v) is 28.5. The summed E-state index contributed by atoms with van der Waals surface area (Å²) in [5.74, 6) is 0. The molecule has 0 nitrogen and oxygen atoms in total. The maximum Gasteiger partial charge on any atom is 0.0594 e. The van der Waals surface area contributed by atoms with Crippen molar-refractivity contribution in [3.05, 3.63) is 0 Å². The normalized spacial score (nSPS) is 11.7. The molecule has 0 aliphatic carbocycles. The third kappa shape index (κ3) is 26.5. The Bertz CT molecular complexity index is 343. The highest BCUT2D eigenvalue weighted by molar-refractivity contribution is 7.75. The second-order valence-corrected chi connectivity index (χ2v) is 16.5. The minimum absolute atomic E-state index is 0. The van der Waals surface area contributed by atoms with E-state index in [-0.39, 0.29) is 17.0 Å². The molecule has 0 heterocycles. The van der Waals surface area contributed by atoms with Gasteiger partial charge in [0.2, 0.25) is 0 Å². The van der Waals surface area contributed by atoms with E-state index in [2.05, 4.69) is 27.7 Å². The smallest absolute Gasteiger partial charge is 0.0594 e. The number of halogens is 1. The topological polar surface area (TPSA) is 0 Å². The monoisotopic (exact) mass is 590 g/mol. The van der Waals surface area contributed by atoms with Crippen molar-refractivity contribution in [1.29, 1.82) is 0 Å². The summed E-state index contributed by atoms with van der Waals surface area (Å²) < 4.78 is 0. The van der Waals surface area contributed by atoms with Gasteiger partial charge in [0.25, 0.3) is 0 Å². The van der Waals surface area contributed by atoms with Gasteiger partial charge in [-0.1, -0.05) is 143 Å².